The molecule has 0 spiro atoms. The fourth-order valence-corrected chi connectivity index (χ4v) is 1.65. The summed E-state index contributed by atoms with van der Waals surface area (Å²) in [5.41, 5.74) is 2.52. The third-order valence-electron chi connectivity index (χ3n) is 2.48. The zero-order valence-corrected chi connectivity index (χ0v) is 10.6. The molecule has 92 valence electrons. The van der Waals surface area contributed by atoms with Crippen LogP contribution in [0.4, 0.5) is 5.82 Å². The van der Waals surface area contributed by atoms with Crippen molar-refractivity contribution in [2.75, 3.05) is 5.32 Å². The Bertz CT molecular complexity index is 555. The zero-order chi connectivity index (χ0) is 13.0. The van der Waals surface area contributed by atoms with Gasteiger partial charge >= 0.3 is 0 Å². The highest BCUT2D eigenvalue weighted by Gasteiger charge is 2.01. The van der Waals surface area contributed by atoms with E-state index in [0.717, 1.165) is 23.2 Å². The molecule has 0 aliphatic carbocycles. The molecule has 0 saturated carbocycles. The second-order valence-corrected chi connectivity index (χ2v) is 4.28. The lowest BCUT2D eigenvalue weighted by Gasteiger charge is -2.08. The van der Waals surface area contributed by atoms with Gasteiger partial charge in [0.2, 0.25) is 0 Å². The van der Waals surface area contributed by atoms with Crippen LogP contribution in [0, 0.1) is 6.92 Å². The average molecular weight is 262 g/mol. The summed E-state index contributed by atoms with van der Waals surface area (Å²) in [6.07, 6.45) is 4.04. The number of carbonyl (C=O) groups excluding carboxylic acids is 1. The highest BCUT2D eigenvalue weighted by molar-refractivity contribution is 6.29. The zero-order valence-electron chi connectivity index (χ0n) is 9.85. The number of aryl methyl sites for hydroxylation is 1. The monoisotopic (exact) mass is 261 g/mol. The molecule has 2 aromatic rings. The number of aromatic nitrogens is 2. The van der Waals surface area contributed by atoms with Gasteiger partial charge in [0.25, 0.3) is 0 Å². The summed E-state index contributed by atoms with van der Waals surface area (Å²) >= 11 is 5.71. The molecular formula is C13H12ClN3O. The van der Waals surface area contributed by atoms with E-state index in [1.807, 2.05) is 13.0 Å². The van der Waals surface area contributed by atoms with E-state index in [1.54, 1.807) is 24.5 Å². The Morgan fingerprint density at radius 1 is 1.33 bits per heavy atom. The molecule has 2 aromatic heterocycles. The van der Waals surface area contributed by atoms with Crippen molar-refractivity contribution < 1.29 is 4.79 Å². The van der Waals surface area contributed by atoms with Crippen molar-refractivity contribution in [3.63, 3.8) is 0 Å². The lowest BCUT2D eigenvalue weighted by Crippen LogP contribution is -2.04. The van der Waals surface area contributed by atoms with Gasteiger partial charge in [-0.05, 0) is 30.2 Å². The molecule has 0 fully saturated rings. The molecule has 2 rings (SSSR count). The second-order valence-electron chi connectivity index (χ2n) is 3.89. The highest BCUT2D eigenvalue weighted by Crippen LogP contribution is 2.13. The molecule has 1 N–H and O–H groups in total. The summed E-state index contributed by atoms with van der Waals surface area (Å²) in [6, 6.07) is 5.44. The number of halogens is 1. The first kappa shape index (κ1) is 12.5. The highest BCUT2D eigenvalue weighted by atomic mass is 35.5. The average Bonchev–Trinajstić information content (AvgIpc) is 2.39. The minimum absolute atomic E-state index is 0.475. The minimum atomic E-state index is 0.475. The van der Waals surface area contributed by atoms with Crippen LogP contribution in [0.15, 0.2) is 30.6 Å². The number of hydrogen-bond acceptors (Lipinski definition) is 4. The van der Waals surface area contributed by atoms with Crippen molar-refractivity contribution in [2.45, 2.75) is 13.5 Å². The smallest absolute Gasteiger partial charge is 0.151 e. The molecule has 0 aromatic carbocycles. The predicted octanol–water partition coefficient (Wildman–Crippen LogP) is 2.86. The first-order valence-electron chi connectivity index (χ1n) is 5.45. The van der Waals surface area contributed by atoms with Gasteiger partial charge in [0, 0.05) is 24.5 Å². The summed E-state index contributed by atoms with van der Waals surface area (Å²) in [5.74, 6) is 0.760. The molecule has 0 radical (unpaired) electrons. The van der Waals surface area contributed by atoms with Gasteiger partial charge in [0.05, 0.1) is 0 Å². The molecule has 0 aliphatic rings. The van der Waals surface area contributed by atoms with Crippen LogP contribution < -0.4 is 5.32 Å². The predicted molar refractivity (Wildman–Crippen MR) is 70.9 cm³/mol. The lowest BCUT2D eigenvalue weighted by atomic mass is 10.2. The summed E-state index contributed by atoms with van der Waals surface area (Å²) in [4.78, 5) is 18.8. The van der Waals surface area contributed by atoms with Gasteiger partial charge in [-0.2, -0.15) is 0 Å². The number of anilines is 1. The molecule has 4 nitrogen and oxygen atoms in total. The van der Waals surface area contributed by atoms with Crippen molar-refractivity contribution in [3.8, 4) is 0 Å². The molecule has 5 heteroatoms. The van der Waals surface area contributed by atoms with E-state index in [4.69, 9.17) is 11.6 Å². The van der Waals surface area contributed by atoms with Crippen molar-refractivity contribution in [2.24, 2.45) is 0 Å². The Hall–Kier alpha value is -1.94. The standard InChI is InChI=1S/C13H12ClN3O/c1-9-4-11(8-18)7-17-13(9)16-6-10-2-3-12(14)15-5-10/h2-5,7-8H,6H2,1H3,(H,16,17). The fourth-order valence-electron chi connectivity index (χ4n) is 1.54. The Morgan fingerprint density at radius 3 is 2.78 bits per heavy atom. The first-order valence-corrected chi connectivity index (χ1v) is 5.83. The van der Waals surface area contributed by atoms with Crippen molar-refractivity contribution >= 4 is 23.7 Å². The number of nitrogens with one attached hydrogen (secondary N) is 1. The van der Waals surface area contributed by atoms with E-state index in [2.05, 4.69) is 15.3 Å². The number of carbonyl (C=O) groups is 1. The number of rotatable bonds is 4. The number of pyridine rings is 2. The Kier molecular flexibility index (Phi) is 3.89. The Balaban J connectivity index is 2.06. The second kappa shape index (κ2) is 5.60. The van der Waals surface area contributed by atoms with Crippen LogP contribution in [0.1, 0.15) is 21.5 Å². The van der Waals surface area contributed by atoms with E-state index in [1.165, 1.54) is 0 Å². The van der Waals surface area contributed by atoms with Crippen molar-refractivity contribution in [1.82, 2.24) is 9.97 Å². The van der Waals surface area contributed by atoms with E-state index in [0.29, 0.717) is 17.3 Å². The van der Waals surface area contributed by atoms with Crippen LogP contribution in [-0.4, -0.2) is 16.3 Å². The van der Waals surface area contributed by atoms with Gasteiger partial charge in [-0.1, -0.05) is 17.7 Å². The maximum atomic E-state index is 10.6. The lowest BCUT2D eigenvalue weighted by molar-refractivity contribution is 0.112. The topological polar surface area (TPSA) is 54.9 Å². The van der Waals surface area contributed by atoms with Crippen LogP contribution in [0.5, 0.6) is 0 Å². The summed E-state index contributed by atoms with van der Waals surface area (Å²) in [5, 5.41) is 3.67. The van der Waals surface area contributed by atoms with Gasteiger partial charge < -0.3 is 5.32 Å². The summed E-state index contributed by atoms with van der Waals surface area (Å²) in [7, 11) is 0. The van der Waals surface area contributed by atoms with E-state index < -0.39 is 0 Å². The molecule has 0 aliphatic heterocycles. The van der Waals surface area contributed by atoms with Gasteiger partial charge in [0.15, 0.2) is 6.29 Å². The largest absolute Gasteiger partial charge is 0.366 e. The molecular weight excluding hydrogens is 250 g/mol. The maximum absolute atomic E-state index is 10.6. The molecule has 0 unspecified atom stereocenters. The van der Waals surface area contributed by atoms with Crippen LogP contribution in [0.2, 0.25) is 5.15 Å². The molecule has 2 heterocycles. The number of aldehydes is 1. The quantitative estimate of drug-likeness (QED) is 0.679. The maximum Gasteiger partial charge on any atom is 0.151 e. The molecule has 0 bridgehead atoms. The van der Waals surface area contributed by atoms with E-state index in [9.17, 15) is 4.79 Å². The number of hydrogen-bond donors (Lipinski definition) is 1. The van der Waals surface area contributed by atoms with Gasteiger partial charge in [0.1, 0.15) is 11.0 Å². The molecule has 0 saturated heterocycles. The third kappa shape index (κ3) is 3.05. The van der Waals surface area contributed by atoms with E-state index >= 15 is 0 Å². The number of nitrogens with zero attached hydrogens (tertiary/aromatic N) is 2. The van der Waals surface area contributed by atoms with Crippen LogP contribution >= 0.6 is 11.6 Å². The van der Waals surface area contributed by atoms with Gasteiger partial charge in [-0.25, -0.2) is 9.97 Å². The Morgan fingerprint density at radius 2 is 2.17 bits per heavy atom. The summed E-state index contributed by atoms with van der Waals surface area (Å²) < 4.78 is 0. The molecule has 18 heavy (non-hydrogen) atoms. The van der Waals surface area contributed by atoms with Crippen molar-refractivity contribution in [3.05, 3.63) is 52.4 Å². The first-order chi connectivity index (χ1) is 8.69. The SMILES string of the molecule is Cc1cc(C=O)cnc1NCc1ccc(Cl)nc1. The van der Waals surface area contributed by atoms with Gasteiger partial charge in [-0.15, -0.1) is 0 Å². The summed E-state index contributed by atoms with van der Waals surface area (Å²) in [6.45, 7) is 2.51. The normalized spacial score (nSPS) is 10.1. The van der Waals surface area contributed by atoms with Crippen LogP contribution in [0.25, 0.3) is 0 Å². The van der Waals surface area contributed by atoms with Crippen molar-refractivity contribution in [1.29, 1.82) is 0 Å². The molecule has 0 amide bonds. The molecule has 0 atom stereocenters. The minimum Gasteiger partial charge on any atom is -0.366 e. The Labute approximate surface area is 110 Å². The van der Waals surface area contributed by atoms with Crippen LogP contribution in [-0.2, 0) is 6.54 Å². The van der Waals surface area contributed by atoms with Crippen LogP contribution in [0.3, 0.4) is 0 Å². The fraction of sp³-hybridized carbons (Fsp3) is 0.154. The van der Waals surface area contributed by atoms with Gasteiger partial charge in [-0.3, -0.25) is 4.79 Å². The van der Waals surface area contributed by atoms with E-state index in [-0.39, 0.29) is 0 Å². The third-order valence-corrected chi connectivity index (χ3v) is 2.71.